The Labute approximate surface area is 130 Å². The van der Waals surface area contributed by atoms with Gasteiger partial charge in [-0.2, -0.15) is 0 Å². The highest BCUT2D eigenvalue weighted by Gasteiger charge is 2.19. The lowest BCUT2D eigenvalue weighted by Crippen LogP contribution is -2.31. The molecule has 1 fully saturated rings. The quantitative estimate of drug-likeness (QED) is 0.665. The van der Waals surface area contributed by atoms with Crippen LogP contribution in [0.4, 0.5) is 0 Å². The van der Waals surface area contributed by atoms with E-state index in [2.05, 4.69) is 48.1 Å². The molecule has 0 bridgehead atoms. The van der Waals surface area contributed by atoms with Crippen LogP contribution >= 0.6 is 0 Å². The van der Waals surface area contributed by atoms with Gasteiger partial charge in [-0.15, -0.1) is 0 Å². The van der Waals surface area contributed by atoms with Crippen LogP contribution in [0.15, 0.2) is 18.3 Å². The molecule has 0 aromatic carbocycles. The molecule has 1 saturated carbocycles. The zero-order chi connectivity index (χ0) is 15.1. The van der Waals surface area contributed by atoms with Crippen LogP contribution in [-0.2, 0) is 13.1 Å². The molecule has 1 aliphatic carbocycles. The lowest BCUT2D eigenvalue weighted by atomic mass is 10.2. The SMILES string of the molecule is CCCCCN(Cc1ccc(CNC2CC2)cn1)C(C)C. The highest BCUT2D eigenvalue weighted by molar-refractivity contribution is 5.14. The van der Waals surface area contributed by atoms with E-state index in [0.29, 0.717) is 6.04 Å². The number of hydrogen-bond acceptors (Lipinski definition) is 3. The summed E-state index contributed by atoms with van der Waals surface area (Å²) in [6.45, 7) is 9.92. The third kappa shape index (κ3) is 6.15. The highest BCUT2D eigenvalue weighted by Crippen LogP contribution is 2.19. The van der Waals surface area contributed by atoms with Crippen molar-refractivity contribution in [1.82, 2.24) is 15.2 Å². The van der Waals surface area contributed by atoms with Gasteiger partial charge in [0.15, 0.2) is 0 Å². The Morgan fingerprint density at radius 3 is 2.67 bits per heavy atom. The van der Waals surface area contributed by atoms with E-state index in [9.17, 15) is 0 Å². The molecule has 1 heterocycles. The zero-order valence-corrected chi connectivity index (χ0v) is 13.9. The summed E-state index contributed by atoms with van der Waals surface area (Å²) in [4.78, 5) is 7.17. The maximum atomic E-state index is 4.65. The summed E-state index contributed by atoms with van der Waals surface area (Å²) < 4.78 is 0. The van der Waals surface area contributed by atoms with E-state index >= 15 is 0 Å². The van der Waals surface area contributed by atoms with Crippen LogP contribution < -0.4 is 5.32 Å². The van der Waals surface area contributed by atoms with Gasteiger partial charge in [0.1, 0.15) is 0 Å². The summed E-state index contributed by atoms with van der Waals surface area (Å²) in [5.41, 5.74) is 2.49. The molecule has 3 nitrogen and oxygen atoms in total. The Morgan fingerprint density at radius 2 is 2.10 bits per heavy atom. The van der Waals surface area contributed by atoms with Crippen molar-refractivity contribution in [3.05, 3.63) is 29.6 Å². The fourth-order valence-electron chi connectivity index (χ4n) is 2.50. The first-order valence-electron chi connectivity index (χ1n) is 8.60. The molecule has 0 aliphatic heterocycles. The van der Waals surface area contributed by atoms with Gasteiger partial charge in [-0.05, 0) is 51.3 Å². The first-order chi connectivity index (χ1) is 10.2. The molecule has 0 unspecified atom stereocenters. The van der Waals surface area contributed by atoms with Crippen molar-refractivity contribution in [2.24, 2.45) is 0 Å². The van der Waals surface area contributed by atoms with Crippen LogP contribution in [0.1, 0.15) is 64.1 Å². The van der Waals surface area contributed by atoms with E-state index in [1.54, 1.807) is 0 Å². The summed E-state index contributed by atoms with van der Waals surface area (Å²) in [5.74, 6) is 0. The first-order valence-corrected chi connectivity index (χ1v) is 8.60. The zero-order valence-electron chi connectivity index (χ0n) is 13.9. The van der Waals surface area contributed by atoms with Crippen molar-refractivity contribution in [1.29, 1.82) is 0 Å². The molecule has 0 amide bonds. The second-order valence-corrected chi connectivity index (χ2v) is 6.58. The van der Waals surface area contributed by atoms with Crippen molar-refractivity contribution < 1.29 is 0 Å². The monoisotopic (exact) mass is 289 g/mol. The molecule has 3 heteroatoms. The van der Waals surface area contributed by atoms with Gasteiger partial charge in [-0.3, -0.25) is 9.88 Å². The van der Waals surface area contributed by atoms with Crippen LogP contribution in [0.25, 0.3) is 0 Å². The first kappa shape index (κ1) is 16.4. The van der Waals surface area contributed by atoms with Gasteiger partial charge in [-0.1, -0.05) is 25.8 Å². The molecule has 118 valence electrons. The Balaban J connectivity index is 1.80. The lowest BCUT2D eigenvalue weighted by molar-refractivity contribution is 0.206. The molecule has 0 atom stereocenters. The van der Waals surface area contributed by atoms with E-state index in [1.165, 1.54) is 49.9 Å². The van der Waals surface area contributed by atoms with Crippen molar-refractivity contribution in [2.75, 3.05) is 6.54 Å². The number of hydrogen-bond donors (Lipinski definition) is 1. The summed E-state index contributed by atoms with van der Waals surface area (Å²) in [5, 5.41) is 3.54. The molecule has 1 aromatic heterocycles. The molecular formula is C18H31N3. The second-order valence-electron chi connectivity index (χ2n) is 6.58. The number of nitrogens with zero attached hydrogens (tertiary/aromatic N) is 2. The van der Waals surface area contributed by atoms with E-state index in [-0.39, 0.29) is 0 Å². The number of pyridine rings is 1. The predicted octanol–water partition coefficient (Wildman–Crippen LogP) is 3.73. The molecule has 1 aromatic rings. The molecule has 0 spiro atoms. The van der Waals surface area contributed by atoms with E-state index in [4.69, 9.17) is 0 Å². The van der Waals surface area contributed by atoms with Crippen LogP contribution in [-0.4, -0.2) is 28.5 Å². The molecule has 0 radical (unpaired) electrons. The topological polar surface area (TPSA) is 28.2 Å². The normalized spacial score (nSPS) is 15.1. The van der Waals surface area contributed by atoms with Crippen LogP contribution in [0.3, 0.4) is 0 Å². The van der Waals surface area contributed by atoms with Crippen molar-refractivity contribution >= 4 is 0 Å². The molecule has 1 N–H and O–H groups in total. The highest BCUT2D eigenvalue weighted by atomic mass is 15.1. The predicted molar refractivity (Wildman–Crippen MR) is 89.2 cm³/mol. The minimum absolute atomic E-state index is 0.583. The Hall–Kier alpha value is -0.930. The largest absolute Gasteiger partial charge is 0.310 e. The van der Waals surface area contributed by atoms with Crippen LogP contribution in [0.5, 0.6) is 0 Å². The third-order valence-electron chi connectivity index (χ3n) is 4.20. The molecule has 1 aliphatic rings. The lowest BCUT2D eigenvalue weighted by Gasteiger charge is -2.26. The number of nitrogens with one attached hydrogen (secondary N) is 1. The van der Waals surface area contributed by atoms with Gasteiger partial charge in [-0.25, -0.2) is 0 Å². The maximum absolute atomic E-state index is 4.65. The van der Waals surface area contributed by atoms with E-state index in [1.807, 2.05) is 6.20 Å². The third-order valence-corrected chi connectivity index (χ3v) is 4.20. The van der Waals surface area contributed by atoms with Crippen molar-refractivity contribution in [3.63, 3.8) is 0 Å². The number of unbranched alkanes of at least 4 members (excludes halogenated alkanes) is 2. The smallest absolute Gasteiger partial charge is 0.0544 e. The average Bonchev–Trinajstić information content (AvgIpc) is 3.29. The molecular weight excluding hydrogens is 258 g/mol. The van der Waals surface area contributed by atoms with Gasteiger partial charge in [0, 0.05) is 31.4 Å². The standard InChI is InChI=1S/C18H31N3/c1-4-5-6-11-21(15(2)3)14-18-8-7-16(13-20-18)12-19-17-9-10-17/h7-8,13,15,17,19H,4-6,9-12,14H2,1-3H3. The Kier molecular flexibility index (Phi) is 6.65. The average molecular weight is 289 g/mol. The number of aromatic nitrogens is 1. The molecule has 0 saturated heterocycles. The Morgan fingerprint density at radius 1 is 1.29 bits per heavy atom. The second kappa shape index (κ2) is 8.50. The summed E-state index contributed by atoms with van der Waals surface area (Å²) in [6, 6.07) is 5.76. The van der Waals surface area contributed by atoms with Crippen molar-refractivity contribution in [3.8, 4) is 0 Å². The summed E-state index contributed by atoms with van der Waals surface area (Å²) in [7, 11) is 0. The van der Waals surface area contributed by atoms with E-state index in [0.717, 1.165) is 19.1 Å². The fraction of sp³-hybridized carbons (Fsp3) is 0.722. The van der Waals surface area contributed by atoms with Gasteiger partial charge in [0.25, 0.3) is 0 Å². The van der Waals surface area contributed by atoms with Gasteiger partial charge in [0.2, 0.25) is 0 Å². The fourth-order valence-corrected chi connectivity index (χ4v) is 2.50. The maximum Gasteiger partial charge on any atom is 0.0544 e. The summed E-state index contributed by atoms with van der Waals surface area (Å²) in [6.07, 6.45) is 8.61. The Bertz CT molecular complexity index is 395. The van der Waals surface area contributed by atoms with E-state index < -0.39 is 0 Å². The van der Waals surface area contributed by atoms with Crippen molar-refractivity contribution in [2.45, 2.75) is 78.0 Å². The van der Waals surface area contributed by atoms with Gasteiger partial charge < -0.3 is 5.32 Å². The summed E-state index contributed by atoms with van der Waals surface area (Å²) >= 11 is 0. The van der Waals surface area contributed by atoms with Crippen LogP contribution in [0.2, 0.25) is 0 Å². The van der Waals surface area contributed by atoms with Gasteiger partial charge in [0.05, 0.1) is 5.69 Å². The number of rotatable bonds is 10. The minimum atomic E-state index is 0.583. The molecule has 2 rings (SSSR count). The van der Waals surface area contributed by atoms with Crippen LogP contribution in [0, 0.1) is 0 Å². The minimum Gasteiger partial charge on any atom is -0.310 e. The van der Waals surface area contributed by atoms with Gasteiger partial charge >= 0.3 is 0 Å². The molecule has 21 heavy (non-hydrogen) atoms.